The molecule has 0 aliphatic carbocycles. The van der Waals surface area contributed by atoms with Gasteiger partial charge in [0, 0.05) is 10.7 Å². The van der Waals surface area contributed by atoms with Gasteiger partial charge in [-0.2, -0.15) is 4.98 Å². The van der Waals surface area contributed by atoms with Crippen LogP contribution < -0.4 is 15.4 Å². The highest BCUT2D eigenvalue weighted by molar-refractivity contribution is 6.30. The molecule has 4 aromatic rings. The summed E-state index contributed by atoms with van der Waals surface area (Å²) in [5.74, 6) is 1.17. The number of benzene rings is 2. The number of anilines is 2. The zero-order valence-corrected chi connectivity index (χ0v) is 17.7. The van der Waals surface area contributed by atoms with E-state index in [2.05, 4.69) is 20.7 Å². The summed E-state index contributed by atoms with van der Waals surface area (Å²) in [6.07, 6.45) is 3.48. The lowest BCUT2D eigenvalue weighted by atomic mass is 10.0. The number of nitrogens with zero attached hydrogens (tertiary/aromatic N) is 3. The van der Waals surface area contributed by atoms with Crippen LogP contribution >= 0.6 is 11.6 Å². The monoisotopic (exact) mass is 447 g/mol. The molecule has 160 valence electrons. The first-order chi connectivity index (χ1) is 15.6. The highest BCUT2D eigenvalue weighted by Gasteiger charge is 2.26. The molecular formula is C23H18ClN5O3. The summed E-state index contributed by atoms with van der Waals surface area (Å²) >= 11 is 6.05. The van der Waals surface area contributed by atoms with Crippen molar-refractivity contribution in [1.29, 1.82) is 0 Å². The lowest BCUT2D eigenvalue weighted by Gasteiger charge is -2.24. The normalized spacial score (nSPS) is 14.8. The molecule has 5 rings (SSSR count). The van der Waals surface area contributed by atoms with Gasteiger partial charge in [0.2, 0.25) is 5.95 Å². The number of ether oxygens (including phenoxy) is 1. The number of carbonyl (C=O) groups excluding carboxylic acids is 1. The minimum atomic E-state index is -0.426. The molecule has 0 saturated heterocycles. The van der Waals surface area contributed by atoms with Crippen molar-refractivity contribution in [3.63, 3.8) is 0 Å². The summed E-state index contributed by atoms with van der Waals surface area (Å²) in [4.78, 5) is 16.9. The molecule has 0 radical (unpaired) electrons. The van der Waals surface area contributed by atoms with E-state index in [0.29, 0.717) is 11.0 Å². The lowest BCUT2D eigenvalue weighted by molar-refractivity contribution is 0.0995. The van der Waals surface area contributed by atoms with Crippen LogP contribution in [0.25, 0.3) is 5.70 Å². The molecule has 1 amide bonds. The summed E-state index contributed by atoms with van der Waals surface area (Å²) in [7, 11) is 1.63. The van der Waals surface area contributed by atoms with Gasteiger partial charge in [-0.15, -0.1) is 5.10 Å². The van der Waals surface area contributed by atoms with Crippen LogP contribution in [-0.2, 0) is 0 Å². The van der Waals surface area contributed by atoms with Crippen molar-refractivity contribution in [1.82, 2.24) is 14.8 Å². The van der Waals surface area contributed by atoms with Gasteiger partial charge in [-0.3, -0.25) is 10.1 Å². The van der Waals surface area contributed by atoms with E-state index in [1.54, 1.807) is 23.9 Å². The Bertz CT molecular complexity index is 1280. The second-order valence-electron chi connectivity index (χ2n) is 7.07. The van der Waals surface area contributed by atoms with Gasteiger partial charge >= 0.3 is 0 Å². The Morgan fingerprint density at radius 3 is 2.62 bits per heavy atom. The molecule has 2 aromatic carbocycles. The Balaban J connectivity index is 1.52. The van der Waals surface area contributed by atoms with Gasteiger partial charge < -0.3 is 14.5 Å². The minimum Gasteiger partial charge on any atom is -0.497 e. The number of hydrogen-bond donors (Lipinski definition) is 2. The standard InChI is InChI=1S/C23H18ClN5O3/c1-31-17-10-6-15(7-11-17)19-13-18(14-4-8-16(24)9-5-14)25-23-27-22(28-29(19)23)26-21(30)20-3-2-12-32-20/h2-13,19H,1H3,(H2,25,26,27,28,30)/t19-/m0/s1. The average molecular weight is 448 g/mol. The van der Waals surface area contributed by atoms with Crippen LogP contribution in [-0.4, -0.2) is 27.8 Å². The molecule has 2 aromatic heterocycles. The van der Waals surface area contributed by atoms with Crippen molar-refractivity contribution in [2.24, 2.45) is 0 Å². The highest BCUT2D eigenvalue weighted by atomic mass is 35.5. The number of allylic oxidation sites excluding steroid dienone is 1. The Kier molecular flexibility index (Phi) is 5.12. The average Bonchev–Trinajstić information content (AvgIpc) is 3.49. The van der Waals surface area contributed by atoms with Crippen LogP contribution in [0.2, 0.25) is 5.02 Å². The van der Waals surface area contributed by atoms with Crippen molar-refractivity contribution in [3.8, 4) is 5.75 Å². The molecule has 1 aliphatic heterocycles. The van der Waals surface area contributed by atoms with Gasteiger partial charge in [-0.1, -0.05) is 35.9 Å². The highest BCUT2D eigenvalue weighted by Crippen LogP contribution is 2.34. The van der Waals surface area contributed by atoms with Crippen LogP contribution in [0, 0.1) is 0 Å². The maximum absolute atomic E-state index is 12.4. The van der Waals surface area contributed by atoms with E-state index in [0.717, 1.165) is 22.6 Å². The summed E-state index contributed by atoms with van der Waals surface area (Å²) in [5.41, 5.74) is 2.78. The number of aromatic nitrogens is 3. The summed E-state index contributed by atoms with van der Waals surface area (Å²) in [6, 6.07) is 18.2. The number of fused-ring (bicyclic) bond motifs is 1. The van der Waals surface area contributed by atoms with E-state index in [1.807, 2.05) is 54.6 Å². The number of halogens is 1. The predicted molar refractivity (Wildman–Crippen MR) is 121 cm³/mol. The molecule has 1 aliphatic rings. The van der Waals surface area contributed by atoms with Crippen molar-refractivity contribution >= 4 is 35.1 Å². The van der Waals surface area contributed by atoms with E-state index >= 15 is 0 Å². The largest absolute Gasteiger partial charge is 0.497 e. The van der Waals surface area contributed by atoms with Crippen molar-refractivity contribution < 1.29 is 13.9 Å². The van der Waals surface area contributed by atoms with E-state index in [1.165, 1.54) is 6.26 Å². The van der Waals surface area contributed by atoms with Gasteiger partial charge in [0.15, 0.2) is 5.76 Å². The molecule has 0 bridgehead atoms. The second-order valence-corrected chi connectivity index (χ2v) is 7.50. The van der Waals surface area contributed by atoms with Gasteiger partial charge in [-0.05, 0) is 53.6 Å². The second kappa shape index (κ2) is 8.24. The number of furan rings is 1. The number of hydrogen-bond acceptors (Lipinski definition) is 6. The number of methoxy groups -OCH3 is 1. The topological polar surface area (TPSA) is 94.2 Å². The van der Waals surface area contributed by atoms with Gasteiger partial charge in [-0.25, -0.2) is 4.68 Å². The zero-order valence-electron chi connectivity index (χ0n) is 16.9. The predicted octanol–water partition coefficient (Wildman–Crippen LogP) is 4.84. The number of carbonyl (C=O) groups is 1. The lowest BCUT2D eigenvalue weighted by Crippen LogP contribution is -2.20. The fraction of sp³-hybridized carbons (Fsp3) is 0.0870. The molecule has 2 N–H and O–H groups in total. The third-order valence-corrected chi connectivity index (χ3v) is 5.30. The van der Waals surface area contributed by atoms with Crippen LogP contribution in [0.15, 0.2) is 77.4 Å². The van der Waals surface area contributed by atoms with E-state index in [-0.39, 0.29) is 17.8 Å². The van der Waals surface area contributed by atoms with Crippen LogP contribution in [0.5, 0.6) is 5.75 Å². The summed E-state index contributed by atoms with van der Waals surface area (Å²) < 4.78 is 12.1. The molecule has 0 spiro atoms. The summed E-state index contributed by atoms with van der Waals surface area (Å²) in [6.45, 7) is 0. The van der Waals surface area contributed by atoms with Crippen molar-refractivity contribution in [2.75, 3.05) is 17.7 Å². The van der Waals surface area contributed by atoms with Crippen LogP contribution in [0.4, 0.5) is 11.9 Å². The Hall–Kier alpha value is -4.04. The zero-order chi connectivity index (χ0) is 22.1. The summed E-state index contributed by atoms with van der Waals surface area (Å²) in [5, 5.41) is 11.1. The van der Waals surface area contributed by atoms with Gasteiger partial charge in [0.05, 0.1) is 13.4 Å². The molecule has 0 fully saturated rings. The number of rotatable bonds is 5. The molecule has 8 nitrogen and oxygen atoms in total. The molecular weight excluding hydrogens is 430 g/mol. The third-order valence-electron chi connectivity index (χ3n) is 5.05. The fourth-order valence-electron chi connectivity index (χ4n) is 3.45. The van der Waals surface area contributed by atoms with E-state index in [4.69, 9.17) is 20.8 Å². The number of amides is 1. The van der Waals surface area contributed by atoms with Gasteiger partial charge in [0.25, 0.3) is 11.9 Å². The maximum Gasteiger partial charge on any atom is 0.293 e. The maximum atomic E-state index is 12.4. The SMILES string of the molecule is COc1ccc([C@@H]2C=C(c3ccc(Cl)cc3)Nc3nc(NC(=O)c4ccco4)nn32)cc1. The Morgan fingerprint density at radius 1 is 1.16 bits per heavy atom. The van der Waals surface area contributed by atoms with E-state index in [9.17, 15) is 4.79 Å². The van der Waals surface area contributed by atoms with Crippen LogP contribution in [0.1, 0.15) is 27.7 Å². The quantitative estimate of drug-likeness (QED) is 0.454. The molecule has 9 heteroatoms. The first kappa shape index (κ1) is 19.9. The molecule has 0 saturated carbocycles. The van der Waals surface area contributed by atoms with E-state index < -0.39 is 5.91 Å². The Morgan fingerprint density at radius 2 is 1.94 bits per heavy atom. The van der Waals surface area contributed by atoms with Gasteiger partial charge in [0.1, 0.15) is 11.8 Å². The molecule has 0 unspecified atom stereocenters. The fourth-order valence-corrected chi connectivity index (χ4v) is 3.58. The van der Waals surface area contributed by atoms with Crippen LogP contribution in [0.3, 0.4) is 0 Å². The van der Waals surface area contributed by atoms with Crippen molar-refractivity contribution in [2.45, 2.75) is 6.04 Å². The first-order valence-corrected chi connectivity index (χ1v) is 10.2. The third kappa shape index (κ3) is 3.83. The molecule has 32 heavy (non-hydrogen) atoms. The number of nitrogens with one attached hydrogen (secondary N) is 2. The smallest absolute Gasteiger partial charge is 0.293 e. The Labute approximate surface area is 188 Å². The van der Waals surface area contributed by atoms with Crippen molar-refractivity contribution in [3.05, 3.63) is 94.9 Å². The minimum absolute atomic E-state index is 0.165. The first-order valence-electron chi connectivity index (χ1n) is 9.81. The molecule has 1 atom stereocenters. The molecule has 3 heterocycles.